The molecule has 6 heteroatoms. The summed E-state index contributed by atoms with van der Waals surface area (Å²) in [5, 5.41) is 0. The van der Waals surface area contributed by atoms with Crippen molar-refractivity contribution >= 4 is 17.9 Å². The minimum Gasteiger partial charge on any atom is -0.463 e. The summed E-state index contributed by atoms with van der Waals surface area (Å²) < 4.78 is 15.2. The van der Waals surface area contributed by atoms with Crippen molar-refractivity contribution in [3.8, 4) is 0 Å². The summed E-state index contributed by atoms with van der Waals surface area (Å²) >= 11 is 0. The second-order valence-corrected chi connectivity index (χ2v) is 11.5. The summed E-state index contributed by atoms with van der Waals surface area (Å²) in [6.45, 7) is 13.5. The van der Waals surface area contributed by atoms with Crippen LogP contribution >= 0.6 is 0 Å². The first-order valence-electron chi connectivity index (χ1n) is 16.2. The molecule has 0 aromatic carbocycles. The number of hydrogen-bond acceptors (Lipinski definition) is 6. The second-order valence-electron chi connectivity index (χ2n) is 11.5. The third kappa shape index (κ3) is 36.4. The minimum atomic E-state index is -0.101. The smallest absolute Gasteiger partial charge is 0.306 e. The predicted octanol–water partition coefficient (Wildman–Crippen LogP) is 9.65. The Hall–Kier alpha value is -1.59. The van der Waals surface area contributed by atoms with Crippen molar-refractivity contribution in [1.82, 2.24) is 0 Å². The molecule has 0 aromatic heterocycles. The molecule has 0 saturated heterocycles. The van der Waals surface area contributed by atoms with Crippen LogP contribution in [0.15, 0.2) is 0 Å². The number of carbonyl (C=O) groups excluding carboxylic acids is 3. The highest BCUT2D eigenvalue weighted by Gasteiger charge is 2.06. The van der Waals surface area contributed by atoms with E-state index in [9.17, 15) is 14.4 Å². The summed E-state index contributed by atoms with van der Waals surface area (Å²) in [6.07, 6.45) is 22.1. The topological polar surface area (TPSA) is 78.9 Å². The lowest BCUT2D eigenvalue weighted by Crippen LogP contribution is -2.11. The van der Waals surface area contributed by atoms with Crippen LogP contribution in [0.3, 0.4) is 0 Å². The van der Waals surface area contributed by atoms with Gasteiger partial charge in [0.2, 0.25) is 0 Å². The van der Waals surface area contributed by atoms with E-state index < -0.39 is 0 Å². The molecule has 0 N–H and O–H groups in total. The third-order valence-electron chi connectivity index (χ3n) is 6.10. The van der Waals surface area contributed by atoms with Gasteiger partial charge in [-0.05, 0) is 60.8 Å². The molecular formula is C33H64O6. The number of unbranched alkanes of at least 4 members (excludes halogenated alkanes) is 15. The molecule has 6 nitrogen and oxygen atoms in total. The standard InChI is InChI=1S/C17H34O2.C16H30O4/c1-4-5-6-7-8-9-10-11-12-13-14-15-17(18)19-16(2)3;1-13(2)19-15(17)11-9-7-5-6-8-10-12-16(18)20-14(3)4/h16H,4-15H2,1-3H3;13-14H,5-12H2,1-4H3. The largest absolute Gasteiger partial charge is 0.463 e. The Morgan fingerprint density at radius 3 is 0.795 bits per heavy atom. The SMILES string of the molecule is CC(C)OC(=O)CCCCCCCCC(=O)OC(C)C.CCCCCCCCCCCCCC(=O)OC(C)C. The Bertz CT molecular complexity index is 543. The molecule has 0 saturated carbocycles. The van der Waals surface area contributed by atoms with Crippen molar-refractivity contribution in [2.24, 2.45) is 0 Å². The monoisotopic (exact) mass is 556 g/mol. The van der Waals surface area contributed by atoms with Crippen LogP contribution in [0.5, 0.6) is 0 Å². The lowest BCUT2D eigenvalue weighted by molar-refractivity contribution is -0.148. The Kier molecular flexibility index (Phi) is 29.8. The highest BCUT2D eigenvalue weighted by molar-refractivity contribution is 5.70. The number of esters is 3. The molecule has 0 aliphatic rings. The fourth-order valence-electron chi connectivity index (χ4n) is 4.14. The van der Waals surface area contributed by atoms with Crippen LogP contribution < -0.4 is 0 Å². The fraction of sp³-hybridized carbons (Fsp3) is 0.909. The quantitative estimate of drug-likeness (QED) is 0.0669. The summed E-state index contributed by atoms with van der Waals surface area (Å²) in [6, 6.07) is 0. The van der Waals surface area contributed by atoms with E-state index in [0.717, 1.165) is 44.9 Å². The van der Waals surface area contributed by atoms with Crippen molar-refractivity contribution in [1.29, 1.82) is 0 Å². The van der Waals surface area contributed by atoms with Crippen LogP contribution in [-0.2, 0) is 28.6 Å². The van der Waals surface area contributed by atoms with E-state index in [1.165, 1.54) is 64.2 Å². The molecule has 39 heavy (non-hydrogen) atoms. The first-order chi connectivity index (χ1) is 18.6. The maximum absolute atomic E-state index is 11.3. The van der Waals surface area contributed by atoms with E-state index in [0.29, 0.717) is 19.3 Å². The van der Waals surface area contributed by atoms with Crippen LogP contribution in [0, 0.1) is 0 Å². The maximum atomic E-state index is 11.3. The van der Waals surface area contributed by atoms with E-state index in [-0.39, 0.29) is 36.2 Å². The highest BCUT2D eigenvalue weighted by Crippen LogP contribution is 2.13. The lowest BCUT2D eigenvalue weighted by Gasteiger charge is -2.08. The summed E-state index contributed by atoms with van der Waals surface area (Å²) in [4.78, 5) is 33.8. The molecule has 0 amide bonds. The summed E-state index contributed by atoms with van der Waals surface area (Å²) in [5.41, 5.74) is 0. The third-order valence-corrected chi connectivity index (χ3v) is 6.10. The number of ether oxygens (including phenoxy) is 3. The van der Waals surface area contributed by atoms with E-state index in [1.807, 2.05) is 41.5 Å². The fourth-order valence-corrected chi connectivity index (χ4v) is 4.14. The van der Waals surface area contributed by atoms with Crippen molar-refractivity contribution < 1.29 is 28.6 Å². The van der Waals surface area contributed by atoms with Gasteiger partial charge in [0.1, 0.15) is 0 Å². The van der Waals surface area contributed by atoms with Gasteiger partial charge in [-0.2, -0.15) is 0 Å². The van der Waals surface area contributed by atoms with Gasteiger partial charge in [0, 0.05) is 19.3 Å². The van der Waals surface area contributed by atoms with Crippen molar-refractivity contribution in [2.75, 3.05) is 0 Å². The van der Waals surface area contributed by atoms with Crippen molar-refractivity contribution in [3.05, 3.63) is 0 Å². The Balaban J connectivity index is 0. The molecule has 0 heterocycles. The highest BCUT2D eigenvalue weighted by atomic mass is 16.5. The zero-order chi connectivity index (χ0) is 29.7. The van der Waals surface area contributed by atoms with Gasteiger partial charge in [0.05, 0.1) is 18.3 Å². The first-order valence-corrected chi connectivity index (χ1v) is 16.2. The molecule has 232 valence electrons. The first kappa shape index (κ1) is 39.6. The zero-order valence-corrected chi connectivity index (χ0v) is 26.8. The molecule has 0 aromatic rings. The van der Waals surface area contributed by atoms with Crippen LogP contribution in [0.25, 0.3) is 0 Å². The van der Waals surface area contributed by atoms with Gasteiger partial charge in [-0.25, -0.2) is 0 Å². The van der Waals surface area contributed by atoms with Gasteiger partial charge in [-0.3, -0.25) is 14.4 Å². The molecule has 0 radical (unpaired) electrons. The number of carbonyl (C=O) groups is 3. The normalized spacial score (nSPS) is 10.9. The average Bonchev–Trinajstić information content (AvgIpc) is 2.83. The summed E-state index contributed by atoms with van der Waals surface area (Å²) in [7, 11) is 0. The van der Waals surface area contributed by atoms with Crippen LogP contribution in [0.2, 0.25) is 0 Å². The molecular weight excluding hydrogens is 492 g/mol. The summed E-state index contributed by atoms with van der Waals surface area (Å²) in [5.74, 6) is -0.237. The predicted molar refractivity (Wildman–Crippen MR) is 162 cm³/mol. The maximum Gasteiger partial charge on any atom is 0.306 e. The van der Waals surface area contributed by atoms with Crippen molar-refractivity contribution in [3.63, 3.8) is 0 Å². The van der Waals surface area contributed by atoms with E-state index >= 15 is 0 Å². The Labute approximate surface area is 241 Å². The molecule has 0 rings (SSSR count). The van der Waals surface area contributed by atoms with Gasteiger partial charge in [-0.1, -0.05) is 96.8 Å². The number of rotatable bonds is 24. The van der Waals surface area contributed by atoms with Gasteiger partial charge >= 0.3 is 17.9 Å². The molecule has 0 atom stereocenters. The molecule has 0 fully saturated rings. The van der Waals surface area contributed by atoms with Crippen molar-refractivity contribution in [2.45, 2.75) is 195 Å². The molecule has 0 aliphatic carbocycles. The second kappa shape index (κ2) is 29.4. The Morgan fingerprint density at radius 2 is 0.590 bits per heavy atom. The molecule has 0 aliphatic heterocycles. The van der Waals surface area contributed by atoms with E-state index in [1.54, 1.807) is 0 Å². The van der Waals surface area contributed by atoms with E-state index in [2.05, 4.69) is 6.92 Å². The van der Waals surface area contributed by atoms with E-state index in [4.69, 9.17) is 14.2 Å². The minimum absolute atomic E-state index is 0.0203. The van der Waals surface area contributed by atoms with Crippen LogP contribution in [-0.4, -0.2) is 36.2 Å². The van der Waals surface area contributed by atoms with Crippen LogP contribution in [0.4, 0.5) is 0 Å². The molecule has 0 spiro atoms. The molecule has 0 bridgehead atoms. The number of hydrogen-bond donors (Lipinski definition) is 0. The van der Waals surface area contributed by atoms with Gasteiger partial charge in [-0.15, -0.1) is 0 Å². The van der Waals surface area contributed by atoms with Gasteiger partial charge < -0.3 is 14.2 Å². The molecule has 0 unspecified atom stereocenters. The average molecular weight is 557 g/mol. The van der Waals surface area contributed by atoms with Gasteiger partial charge in [0.25, 0.3) is 0 Å². The lowest BCUT2D eigenvalue weighted by atomic mass is 10.1. The zero-order valence-electron chi connectivity index (χ0n) is 26.8. The Morgan fingerprint density at radius 1 is 0.385 bits per heavy atom. The van der Waals surface area contributed by atoms with Crippen LogP contribution in [0.1, 0.15) is 177 Å². The van der Waals surface area contributed by atoms with Gasteiger partial charge in [0.15, 0.2) is 0 Å².